The highest BCUT2D eigenvalue weighted by atomic mass is 35.5. The third-order valence-corrected chi connectivity index (χ3v) is 6.04. The van der Waals surface area contributed by atoms with Crippen molar-refractivity contribution in [2.75, 3.05) is 4.90 Å². The minimum Gasteiger partial charge on any atom is -0.269 e. The molecule has 0 saturated carbocycles. The number of benzene rings is 3. The quantitative estimate of drug-likeness (QED) is 0.308. The Morgan fingerprint density at radius 3 is 2.42 bits per heavy atom. The van der Waals surface area contributed by atoms with Crippen LogP contribution in [0.2, 0.25) is 5.02 Å². The summed E-state index contributed by atoms with van der Waals surface area (Å²) in [6, 6.07) is 22.4. The lowest BCUT2D eigenvalue weighted by atomic mass is 9.91. The Balaban J connectivity index is 1.64. The second-order valence-electron chi connectivity index (χ2n) is 7.72. The predicted octanol–water partition coefficient (Wildman–Crippen LogP) is 5.22. The molecule has 0 radical (unpaired) electrons. The number of non-ortho nitro benzene ring substituents is 1. The zero-order valence-electron chi connectivity index (χ0n) is 17.3. The molecule has 0 fully saturated rings. The van der Waals surface area contributed by atoms with Crippen molar-refractivity contribution in [3.8, 4) is 0 Å². The average molecular weight is 460 g/mol. The fourth-order valence-electron chi connectivity index (χ4n) is 4.24. The minimum absolute atomic E-state index is 0.144. The molecule has 1 amide bonds. The van der Waals surface area contributed by atoms with Crippen LogP contribution in [-0.2, 0) is 0 Å². The smallest absolute Gasteiger partial charge is 0.269 e. The SMILES string of the molecule is O=C(c1cccc([N+](=O)[O-])c1)N1c2ncnn2[C@H](c2ccc(Cl)cc2)C[C@@H]1c1ccccc1. The Morgan fingerprint density at radius 2 is 1.70 bits per heavy atom. The van der Waals surface area contributed by atoms with Gasteiger partial charge in [-0.15, -0.1) is 0 Å². The standard InChI is InChI=1S/C24H18ClN5O3/c25-19-11-9-17(10-12-19)22-14-21(16-5-2-1-3-6-16)28(24-26-15-27-29(22)24)23(31)18-7-4-8-20(13-18)30(32)33/h1-13,15,21-22H,14H2/t21-,22+/m1/s1. The Kier molecular flexibility index (Phi) is 5.35. The normalized spacial score (nSPS) is 17.4. The van der Waals surface area contributed by atoms with Gasteiger partial charge < -0.3 is 0 Å². The van der Waals surface area contributed by atoms with Crippen molar-refractivity contribution in [1.29, 1.82) is 0 Å². The van der Waals surface area contributed by atoms with Crippen LogP contribution < -0.4 is 4.90 Å². The molecule has 0 bridgehead atoms. The maximum atomic E-state index is 13.7. The minimum atomic E-state index is -0.513. The predicted molar refractivity (Wildman–Crippen MR) is 123 cm³/mol. The number of nitrogens with zero attached hydrogens (tertiary/aromatic N) is 5. The van der Waals surface area contributed by atoms with E-state index in [-0.39, 0.29) is 29.2 Å². The maximum Gasteiger partial charge on any atom is 0.270 e. The summed E-state index contributed by atoms with van der Waals surface area (Å²) in [5.41, 5.74) is 2.00. The molecule has 0 spiro atoms. The van der Waals surface area contributed by atoms with Crippen molar-refractivity contribution in [3.05, 3.63) is 117 Å². The van der Waals surface area contributed by atoms with Gasteiger partial charge in [0.15, 0.2) is 0 Å². The van der Waals surface area contributed by atoms with Gasteiger partial charge in [-0.25, -0.2) is 4.68 Å². The van der Waals surface area contributed by atoms with Crippen LogP contribution in [0.25, 0.3) is 0 Å². The van der Waals surface area contributed by atoms with Crippen LogP contribution in [0, 0.1) is 10.1 Å². The first-order valence-corrected chi connectivity index (χ1v) is 10.7. The number of carbonyl (C=O) groups is 1. The number of hydrogen-bond donors (Lipinski definition) is 0. The number of nitro groups is 1. The molecule has 33 heavy (non-hydrogen) atoms. The Labute approximate surface area is 194 Å². The van der Waals surface area contributed by atoms with Crippen molar-refractivity contribution in [3.63, 3.8) is 0 Å². The number of hydrogen-bond acceptors (Lipinski definition) is 5. The van der Waals surface area contributed by atoms with Gasteiger partial charge in [0.2, 0.25) is 5.95 Å². The van der Waals surface area contributed by atoms with Crippen molar-refractivity contribution < 1.29 is 9.72 Å². The Morgan fingerprint density at radius 1 is 0.970 bits per heavy atom. The number of anilines is 1. The van der Waals surface area contributed by atoms with E-state index in [9.17, 15) is 14.9 Å². The van der Waals surface area contributed by atoms with E-state index >= 15 is 0 Å². The van der Waals surface area contributed by atoms with E-state index in [1.54, 1.807) is 15.6 Å². The fraction of sp³-hybridized carbons (Fsp3) is 0.125. The van der Waals surface area contributed by atoms with E-state index in [4.69, 9.17) is 11.6 Å². The van der Waals surface area contributed by atoms with Crippen LogP contribution in [-0.4, -0.2) is 25.6 Å². The van der Waals surface area contributed by atoms with Crippen LogP contribution in [0.3, 0.4) is 0 Å². The molecule has 164 valence electrons. The van der Waals surface area contributed by atoms with Gasteiger partial charge in [-0.2, -0.15) is 10.1 Å². The molecule has 1 aliphatic heterocycles. The van der Waals surface area contributed by atoms with Crippen LogP contribution in [0.4, 0.5) is 11.6 Å². The Bertz CT molecular complexity index is 1320. The summed E-state index contributed by atoms with van der Waals surface area (Å²) < 4.78 is 1.72. The number of aromatic nitrogens is 3. The molecule has 9 heteroatoms. The monoisotopic (exact) mass is 459 g/mol. The van der Waals surface area contributed by atoms with Gasteiger partial charge in [0, 0.05) is 22.7 Å². The number of carbonyl (C=O) groups excluding carboxylic acids is 1. The topological polar surface area (TPSA) is 94.2 Å². The summed E-state index contributed by atoms with van der Waals surface area (Å²) in [4.78, 5) is 30.4. The second-order valence-corrected chi connectivity index (χ2v) is 8.15. The zero-order valence-corrected chi connectivity index (χ0v) is 18.0. The van der Waals surface area contributed by atoms with Crippen molar-refractivity contribution in [2.24, 2.45) is 0 Å². The molecule has 1 aromatic heterocycles. The first kappa shape index (κ1) is 20.8. The van der Waals surface area contributed by atoms with E-state index < -0.39 is 4.92 Å². The summed E-state index contributed by atoms with van der Waals surface area (Å²) in [6.45, 7) is 0. The third-order valence-electron chi connectivity index (χ3n) is 5.78. The van der Waals surface area contributed by atoms with Crippen LogP contribution in [0.15, 0.2) is 85.2 Å². The number of amides is 1. The lowest BCUT2D eigenvalue weighted by Gasteiger charge is -2.39. The van der Waals surface area contributed by atoms with Crippen molar-refractivity contribution in [2.45, 2.75) is 18.5 Å². The van der Waals surface area contributed by atoms with Gasteiger partial charge >= 0.3 is 0 Å². The van der Waals surface area contributed by atoms with E-state index in [0.29, 0.717) is 17.4 Å². The molecule has 0 unspecified atom stereocenters. The summed E-state index contributed by atoms with van der Waals surface area (Å²) in [5, 5.41) is 16.3. The number of halogens is 1. The molecule has 0 aliphatic carbocycles. The van der Waals surface area contributed by atoms with Gasteiger partial charge in [-0.1, -0.05) is 60.1 Å². The highest BCUT2D eigenvalue weighted by Gasteiger charge is 2.39. The van der Waals surface area contributed by atoms with Crippen LogP contribution in [0.5, 0.6) is 0 Å². The highest BCUT2D eigenvalue weighted by molar-refractivity contribution is 6.30. The van der Waals surface area contributed by atoms with Gasteiger partial charge in [-0.05, 0) is 35.7 Å². The maximum absolute atomic E-state index is 13.7. The van der Waals surface area contributed by atoms with Gasteiger partial charge in [-0.3, -0.25) is 19.8 Å². The van der Waals surface area contributed by atoms with E-state index in [2.05, 4.69) is 10.1 Å². The number of nitro benzene ring substituents is 1. The molecule has 2 atom stereocenters. The molecule has 1 aliphatic rings. The number of rotatable bonds is 4. The average Bonchev–Trinajstić information content (AvgIpc) is 3.34. The van der Waals surface area contributed by atoms with Crippen molar-refractivity contribution >= 4 is 29.1 Å². The van der Waals surface area contributed by atoms with E-state index in [1.165, 1.54) is 24.5 Å². The number of fused-ring (bicyclic) bond motifs is 1. The largest absolute Gasteiger partial charge is 0.270 e. The van der Waals surface area contributed by atoms with Crippen molar-refractivity contribution in [1.82, 2.24) is 14.8 Å². The first-order valence-electron chi connectivity index (χ1n) is 10.3. The summed E-state index contributed by atoms with van der Waals surface area (Å²) in [5.74, 6) is 0.00270. The van der Waals surface area contributed by atoms with Crippen LogP contribution in [0.1, 0.15) is 40.0 Å². The molecule has 4 aromatic rings. The lowest BCUT2D eigenvalue weighted by molar-refractivity contribution is -0.384. The molecule has 0 N–H and O–H groups in total. The Hall–Kier alpha value is -4.04. The van der Waals surface area contributed by atoms with E-state index in [0.717, 1.165) is 11.1 Å². The molecule has 0 saturated heterocycles. The van der Waals surface area contributed by atoms with Gasteiger partial charge in [0.05, 0.1) is 17.0 Å². The molecule has 2 heterocycles. The summed E-state index contributed by atoms with van der Waals surface area (Å²) in [7, 11) is 0. The molecule has 8 nitrogen and oxygen atoms in total. The molecule has 3 aromatic carbocycles. The first-order chi connectivity index (χ1) is 16.0. The zero-order chi connectivity index (χ0) is 22.9. The third kappa shape index (κ3) is 3.85. The fourth-order valence-corrected chi connectivity index (χ4v) is 4.36. The highest BCUT2D eigenvalue weighted by Crippen LogP contribution is 2.42. The van der Waals surface area contributed by atoms with E-state index in [1.807, 2.05) is 54.6 Å². The molecular formula is C24H18ClN5O3. The van der Waals surface area contributed by atoms with Crippen LogP contribution >= 0.6 is 11.6 Å². The molecular weight excluding hydrogens is 442 g/mol. The van der Waals surface area contributed by atoms with Gasteiger partial charge in [0.25, 0.3) is 11.6 Å². The summed E-state index contributed by atoms with van der Waals surface area (Å²) >= 11 is 6.09. The molecule has 5 rings (SSSR count). The van der Waals surface area contributed by atoms with Gasteiger partial charge in [0.1, 0.15) is 6.33 Å². The second kappa shape index (κ2) is 8.48. The summed E-state index contributed by atoms with van der Waals surface area (Å²) in [6.07, 6.45) is 1.96. The lowest BCUT2D eigenvalue weighted by Crippen LogP contribution is -2.42.